The molecule has 0 saturated carbocycles. The van der Waals surface area contributed by atoms with Gasteiger partial charge in [0.25, 0.3) is 0 Å². The van der Waals surface area contributed by atoms with Crippen molar-refractivity contribution in [2.75, 3.05) is 13.1 Å². The van der Waals surface area contributed by atoms with Crippen LogP contribution in [0.25, 0.3) is 10.9 Å². The Morgan fingerprint density at radius 3 is 2.85 bits per heavy atom. The van der Waals surface area contributed by atoms with E-state index in [2.05, 4.69) is 48.7 Å². The van der Waals surface area contributed by atoms with E-state index in [0.29, 0.717) is 6.54 Å². The quantitative estimate of drug-likeness (QED) is 0.813. The van der Waals surface area contributed by atoms with Crippen LogP contribution in [0.5, 0.6) is 0 Å². The first-order chi connectivity index (χ1) is 9.74. The van der Waals surface area contributed by atoms with Gasteiger partial charge in [-0.2, -0.15) is 0 Å². The van der Waals surface area contributed by atoms with E-state index in [-0.39, 0.29) is 5.91 Å². The molecule has 20 heavy (non-hydrogen) atoms. The highest BCUT2D eigenvalue weighted by Crippen LogP contribution is 2.17. The van der Waals surface area contributed by atoms with Crippen molar-refractivity contribution in [3.63, 3.8) is 0 Å². The smallest absolute Gasteiger partial charge is 0.239 e. The molecule has 0 saturated heterocycles. The summed E-state index contributed by atoms with van der Waals surface area (Å²) in [5.41, 5.74) is 2.38. The second-order valence-electron chi connectivity index (χ2n) is 4.97. The van der Waals surface area contributed by atoms with E-state index in [1.54, 1.807) is 0 Å². The molecule has 1 amide bonds. The van der Waals surface area contributed by atoms with E-state index in [1.165, 1.54) is 10.9 Å². The third-order valence-corrected chi connectivity index (χ3v) is 3.30. The molecule has 4 heteroatoms. The predicted octanol–water partition coefficient (Wildman–Crippen LogP) is 2.28. The number of hydrogen-bond acceptors (Lipinski definition) is 2. The van der Waals surface area contributed by atoms with Gasteiger partial charge in [-0.1, -0.05) is 19.9 Å². The third kappa shape index (κ3) is 3.61. The number of rotatable bonds is 7. The third-order valence-electron chi connectivity index (χ3n) is 3.30. The van der Waals surface area contributed by atoms with E-state index >= 15 is 0 Å². The molecule has 1 aromatic carbocycles. The van der Waals surface area contributed by atoms with E-state index in [0.717, 1.165) is 31.6 Å². The summed E-state index contributed by atoms with van der Waals surface area (Å²) in [5, 5.41) is 7.41. The monoisotopic (exact) mass is 273 g/mol. The lowest BCUT2D eigenvalue weighted by atomic mass is 10.1. The van der Waals surface area contributed by atoms with Crippen molar-refractivity contribution in [3.05, 3.63) is 36.0 Å². The van der Waals surface area contributed by atoms with Gasteiger partial charge in [-0.05, 0) is 42.1 Å². The molecular weight excluding hydrogens is 250 g/mol. The fraction of sp³-hybridized carbons (Fsp3) is 0.438. The summed E-state index contributed by atoms with van der Waals surface area (Å²) in [6, 6.07) is 8.46. The number of aromatic nitrogens is 1. The first-order valence-corrected chi connectivity index (χ1v) is 7.29. The lowest BCUT2D eigenvalue weighted by Gasteiger charge is -2.07. The van der Waals surface area contributed by atoms with Gasteiger partial charge in [0.2, 0.25) is 5.91 Å². The molecule has 0 atom stereocenters. The topological polar surface area (TPSA) is 46.1 Å². The van der Waals surface area contributed by atoms with Gasteiger partial charge in [0.15, 0.2) is 0 Å². The van der Waals surface area contributed by atoms with Crippen molar-refractivity contribution in [1.29, 1.82) is 0 Å². The molecule has 2 aromatic rings. The van der Waals surface area contributed by atoms with Crippen LogP contribution in [0.4, 0.5) is 0 Å². The Kier molecular flexibility index (Phi) is 5.18. The Bertz CT molecular complexity index is 574. The number of carbonyl (C=O) groups excluding carboxylic acids is 1. The molecule has 0 unspecified atom stereocenters. The zero-order chi connectivity index (χ0) is 14.4. The maximum atomic E-state index is 11.8. The molecule has 2 rings (SSSR count). The van der Waals surface area contributed by atoms with E-state index in [1.807, 2.05) is 10.8 Å². The molecule has 108 valence electrons. The summed E-state index contributed by atoms with van der Waals surface area (Å²) in [6.07, 6.45) is 2.94. The predicted molar refractivity (Wildman–Crippen MR) is 82.6 cm³/mol. The van der Waals surface area contributed by atoms with E-state index in [9.17, 15) is 4.79 Å². The fourth-order valence-electron chi connectivity index (χ4n) is 2.24. The molecule has 0 spiro atoms. The van der Waals surface area contributed by atoms with Gasteiger partial charge in [0.1, 0.15) is 6.54 Å². The van der Waals surface area contributed by atoms with Crippen LogP contribution in [0.15, 0.2) is 30.5 Å². The highest BCUT2D eigenvalue weighted by atomic mass is 16.1. The molecule has 0 bridgehead atoms. The van der Waals surface area contributed by atoms with Crippen LogP contribution in [0.1, 0.15) is 25.8 Å². The zero-order valence-electron chi connectivity index (χ0n) is 12.3. The SMILES string of the molecule is CCCNC(=O)Cn1ccc2cc(CNCC)ccc21. The minimum atomic E-state index is 0.0704. The number of benzene rings is 1. The Hall–Kier alpha value is -1.81. The maximum absolute atomic E-state index is 11.8. The van der Waals surface area contributed by atoms with Gasteiger partial charge in [-0.3, -0.25) is 4.79 Å². The number of carbonyl (C=O) groups is 1. The van der Waals surface area contributed by atoms with Crippen molar-refractivity contribution in [3.8, 4) is 0 Å². The molecule has 0 fully saturated rings. The number of nitrogens with one attached hydrogen (secondary N) is 2. The van der Waals surface area contributed by atoms with Crippen molar-refractivity contribution in [2.24, 2.45) is 0 Å². The van der Waals surface area contributed by atoms with Gasteiger partial charge in [-0.25, -0.2) is 0 Å². The second-order valence-corrected chi connectivity index (χ2v) is 4.97. The van der Waals surface area contributed by atoms with Crippen LogP contribution < -0.4 is 10.6 Å². The Balaban J connectivity index is 2.10. The lowest BCUT2D eigenvalue weighted by Crippen LogP contribution is -2.27. The van der Waals surface area contributed by atoms with Gasteiger partial charge in [0, 0.05) is 24.8 Å². The first-order valence-electron chi connectivity index (χ1n) is 7.29. The standard InChI is InChI=1S/C16H23N3O/c1-3-8-18-16(20)12-19-9-7-14-10-13(11-17-4-2)5-6-15(14)19/h5-7,9-10,17H,3-4,8,11-12H2,1-2H3,(H,18,20). The molecule has 0 radical (unpaired) electrons. The van der Waals surface area contributed by atoms with Crippen LogP contribution >= 0.6 is 0 Å². The molecule has 1 aromatic heterocycles. The minimum Gasteiger partial charge on any atom is -0.355 e. The zero-order valence-corrected chi connectivity index (χ0v) is 12.3. The summed E-state index contributed by atoms with van der Waals surface area (Å²) in [7, 11) is 0. The van der Waals surface area contributed by atoms with Gasteiger partial charge in [0.05, 0.1) is 0 Å². The average molecular weight is 273 g/mol. The van der Waals surface area contributed by atoms with Gasteiger partial charge in [-0.15, -0.1) is 0 Å². The molecular formula is C16H23N3O. The highest BCUT2D eigenvalue weighted by molar-refractivity contribution is 5.83. The summed E-state index contributed by atoms with van der Waals surface area (Å²) in [6.45, 7) is 7.13. The molecule has 0 aliphatic rings. The highest BCUT2D eigenvalue weighted by Gasteiger charge is 2.06. The summed E-state index contributed by atoms with van der Waals surface area (Å²) < 4.78 is 2.00. The normalized spacial score (nSPS) is 10.9. The molecule has 0 aliphatic heterocycles. The number of fused-ring (bicyclic) bond motifs is 1. The Labute approximate surface area is 120 Å². The maximum Gasteiger partial charge on any atom is 0.239 e. The van der Waals surface area contributed by atoms with Crippen molar-refractivity contribution in [2.45, 2.75) is 33.4 Å². The molecule has 2 N–H and O–H groups in total. The summed E-state index contributed by atoms with van der Waals surface area (Å²) in [5.74, 6) is 0.0704. The van der Waals surface area contributed by atoms with Crippen molar-refractivity contribution < 1.29 is 4.79 Å². The van der Waals surface area contributed by atoms with Crippen LogP contribution in [0.3, 0.4) is 0 Å². The Morgan fingerprint density at radius 1 is 1.25 bits per heavy atom. The number of hydrogen-bond donors (Lipinski definition) is 2. The van der Waals surface area contributed by atoms with Crippen molar-refractivity contribution >= 4 is 16.8 Å². The molecule has 4 nitrogen and oxygen atoms in total. The number of nitrogens with zero attached hydrogens (tertiary/aromatic N) is 1. The molecule has 0 aliphatic carbocycles. The summed E-state index contributed by atoms with van der Waals surface area (Å²) in [4.78, 5) is 11.8. The fourth-order valence-corrected chi connectivity index (χ4v) is 2.24. The summed E-state index contributed by atoms with van der Waals surface area (Å²) >= 11 is 0. The van der Waals surface area contributed by atoms with Gasteiger partial charge >= 0.3 is 0 Å². The lowest BCUT2D eigenvalue weighted by molar-refractivity contribution is -0.121. The van der Waals surface area contributed by atoms with E-state index < -0.39 is 0 Å². The van der Waals surface area contributed by atoms with Gasteiger partial charge < -0.3 is 15.2 Å². The van der Waals surface area contributed by atoms with Crippen LogP contribution in [0, 0.1) is 0 Å². The van der Waals surface area contributed by atoms with Crippen LogP contribution in [0.2, 0.25) is 0 Å². The van der Waals surface area contributed by atoms with Crippen LogP contribution in [-0.4, -0.2) is 23.6 Å². The Morgan fingerprint density at radius 2 is 2.10 bits per heavy atom. The first kappa shape index (κ1) is 14.6. The van der Waals surface area contributed by atoms with Crippen LogP contribution in [-0.2, 0) is 17.9 Å². The largest absolute Gasteiger partial charge is 0.355 e. The van der Waals surface area contributed by atoms with Crippen molar-refractivity contribution in [1.82, 2.24) is 15.2 Å². The minimum absolute atomic E-state index is 0.0704. The molecule has 1 heterocycles. The average Bonchev–Trinajstić information content (AvgIpc) is 2.85. The van der Waals surface area contributed by atoms with E-state index in [4.69, 9.17) is 0 Å². The number of amides is 1. The second kappa shape index (κ2) is 7.10.